The molecule has 0 aliphatic heterocycles. The highest BCUT2D eigenvalue weighted by atomic mass is 14.4. The zero-order valence-electron chi connectivity index (χ0n) is 11.4. The molecule has 0 saturated heterocycles. The van der Waals surface area contributed by atoms with Gasteiger partial charge < -0.3 is 0 Å². The SMILES string of the molecule is CC(C)=C1CCCCC1(C)C1CCCCC1. The molecule has 2 rings (SSSR count). The van der Waals surface area contributed by atoms with Gasteiger partial charge in [0.2, 0.25) is 0 Å². The van der Waals surface area contributed by atoms with Crippen LogP contribution in [0.4, 0.5) is 0 Å². The van der Waals surface area contributed by atoms with Gasteiger partial charge in [0.25, 0.3) is 0 Å². The summed E-state index contributed by atoms with van der Waals surface area (Å²) in [6, 6.07) is 0. The van der Waals surface area contributed by atoms with Crippen LogP contribution in [0.25, 0.3) is 0 Å². The van der Waals surface area contributed by atoms with E-state index in [9.17, 15) is 0 Å². The molecule has 0 N–H and O–H groups in total. The van der Waals surface area contributed by atoms with Gasteiger partial charge in [-0.25, -0.2) is 0 Å². The molecule has 0 heterocycles. The molecular formula is C16H28. The Kier molecular flexibility index (Phi) is 3.77. The Morgan fingerprint density at radius 1 is 1.00 bits per heavy atom. The van der Waals surface area contributed by atoms with Gasteiger partial charge in [-0.1, -0.05) is 43.8 Å². The minimum absolute atomic E-state index is 0.567. The fraction of sp³-hybridized carbons (Fsp3) is 0.875. The third kappa shape index (κ3) is 2.21. The van der Waals surface area contributed by atoms with Crippen molar-refractivity contribution >= 4 is 0 Å². The van der Waals surface area contributed by atoms with Crippen molar-refractivity contribution in [3.05, 3.63) is 11.1 Å². The molecule has 0 aromatic heterocycles. The fourth-order valence-corrected chi connectivity index (χ4v) is 4.24. The lowest BCUT2D eigenvalue weighted by Crippen LogP contribution is -2.34. The first kappa shape index (κ1) is 12.2. The summed E-state index contributed by atoms with van der Waals surface area (Å²) in [5.74, 6) is 0.992. The smallest absolute Gasteiger partial charge is 0.00857 e. The highest BCUT2D eigenvalue weighted by Crippen LogP contribution is 2.51. The minimum atomic E-state index is 0.567. The molecule has 2 saturated carbocycles. The Morgan fingerprint density at radius 2 is 1.69 bits per heavy atom. The third-order valence-electron chi connectivity index (χ3n) is 5.17. The van der Waals surface area contributed by atoms with E-state index in [1.54, 1.807) is 5.57 Å². The van der Waals surface area contributed by atoms with Crippen molar-refractivity contribution in [2.75, 3.05) is 0 Å². The molecule has 2 aliphatic rings. The lowest BCUT2D eigenvalue weighted by atomic mass is 9.59. The van der Waals surface area contributed by atoms with Crippen molar-refractivity contribution in [3.63, 3.8) is 0 Å². The molecule has 0 aromatic rings. The highest BCUT2D eigenvalue weighted by Gasteiger charge is 2.39. The summed E-state index contributed by atoms with van der Waals surface area (Å²) in [5, 5.41) is 0. The average molecular weight is 220 g/mol. The summed E-state index contributed by atoms with van der Waals surface area (Å²) in [6.07, 6.45) is 13.2. The average Bonchev–Trinajstić information content (AvgIpc) is 2.30. The summed E-state index contributed by atoms with van der Waals surface area (Å²) in [6.45, 7) is 7.24. The number of hydrogen-bond donors (Lipinski definition) is 0. The first-order valence-corrected chi connectivity index (χ1v) is 7.31. The van der Waals surface area contributed by atoms with Gasteiger partial charge in [0.1, 0.15) is 0 Å². The first-order chi connectivity index (χ1) is 7.64. The van der Waals surface area contributed by atoms with Crippen LogP contribution in [0.1, 0.15) is 78.6 Å². The van der Waals surface area contributed by atoms with Crippen LogP contribution in [0.2, 0.25) is 0 Å². The van der Waals surface area contributed by atoms with Gasteiger partial charge in [-0.3, -0.25) is 0 Å². The predicted octanol–water partition coefficient (Wildman–Crippen LogP) is 5.48. The monoisotopic (exact) mass is 220 g/mol. The van der Waals surface area contributed by atoms with Crippen molar-refractivity contribution in [1.29, 1.82) is 0 Å². The van der Waals surface area contributed by atoms with Crippen molar-refractivity contribution in [2.24, 2.45) is 11.3 Å². The van der Waals surface area contributed by atoms with Gasteiger partial charge in [0, 0.05) is 0 Å². The number of allylic oxidation sites excluding steroid dienone is 2. The normalized spacial score (nSPS) is 32.8. The Balaban J connectivity index is 2.21. The highest BCUT2D eigenvalue weighted by molar-refractivity contribution is 5.22. The molecule has 2 aliphatic carbocycles. The fourth-order valence-electron chi connectivity index (χ4n) is 4.24. The maximum absolute atomic E-state index is 2.57. The Morgan fingerprint density at radius 3 is 2.31 bits per heavy atom. The van der Waals surface area contributed by atoms with E-state index < -0.39 is 0 Å². The van der Waals surface area contributed by atoms with Crippen molar-refractivity contribution in [1.82, 2.24) is 0 Å². The minimum Gasteiger partial charge on any atom is -0.0767 e. The standard InChI is InChI=1S/C16H28/c1-13(2)15-11-7-8-12-16(15,3)14-9-5-4-6-10-14/h14H,4-12H2,1-3H3. The van der Waals surface area contributed by atoms with E-state index >= 15 is 0 Å². The Hall–Kier alpha value is -0.260. The molecule has 0 aromatic carbocycles. The number of rotatable bonds is 1. The quantitative estimate of drug-likeness (QED) is 0.513. The topological polar surface area (TPSA) is 0 Å². The van der Waals surface area contributed by atoms with Crippen LogP contribution in [-0.2, 0) is 0 Å². The Labute approximate surface area is 102 Å². The van der Waals surface area contributed by atoms with Gasteiger partial charge in [-0.2, -0.15) is 0 Å². The Bertz CT molecular complexity index is 264. The second kappa shape index (κ2) is 4.94. The zero-order chi connectivity index (χ0) is 11.6. The molecule has 0 bridgehead atoms. The van der Waals surface area contributed by atoms with Crippen LogP contribution >= 0.6 is 0 Å². The lowest BCUT2D eigenvalue weighted by Gasteiger charge is -2.45. The number of hydrogen-bond acceptors (Lipinski definition) is 0. The van der Waals surface area contributed by atoms with E-state index in [1.807, 2.05) is 5.57 Å². The summed E-state index contributed by atoms with van der Waals surface area (Å²) >= 11 is 0. The van der Waals surface area contributed by atoms with Crippen LogP contribution in [0.3, 0.4) is 0 Å². The van der Waals surface area contributed by atoms with Crippen LogP contribution in [0.5, 0.6) is 0 Å². The van der Waals surface area contributed by atoms with Crippen molar-refractivity contribution in [3.8, 4) is 0 Å². The maximum atomic E-state index is 2.57. The first-order valence-electron chi connectivity index (χ1n) is 7.31. The zero-order valence-corrected chi connectivity index (χ0v) is 11.4. The third-order valence-corrected chi connectivity index (χ3v) is 5.17. The van der Waals surface area contributed by atoms with Gasteiger partial charge >= 0.3 is 0 Å². The van der Waals surface area contributed by atoms with E-state index in [2.05, 4.69) is 20.8 Å². The van der Waals surface area contributed by atoms with Gasteiger partial charge in [-0.15, -0.1) is 0 Å². The molecular weight excluding hydrogens is 192 g/mol. The van der Waals surface area contributed by atoms with Crippen LogP contribution in [-0.4, -0.2) is 0 Å². The summed E-state index contributed by atoms with van der Waals surface area (Å²) in [5.41, 5.74) is 4.01. The molecule has 1 unspecified atom stereocenters. The largest absolute Gasteiger partial charge is 0.0767 e. The molecule has 1 atom stereocenters. The summed E-state index contributed by atoms with van der Waals surface area (Å²) < 4.78 is 0. The van der Waals surface area contributed by atoms with E-state index in [-0.39, 0.29) is 0 Å². The van der Waals surface area contributed by atoms with Gasteiger partial charge in [0.05, 0.1) is 0 Å². The van der Waals surface area contributed by atoms with Crippen LogP contribution < -0.4 is 0 Å². The van der Waals surface area contributed by atoms with E-state index in [4.69, 9.17) is 0 Å². The second-order valence-electron chi connectivity index (χ2n) is 6.44. The van der Waals surface area contributed by atoms with Crippen LogP contribution in [0.15, 0.2) is 11.1 Å². The van der Waals surface area contributed by atoms with E-state index in [0.717, 1.165) is 5.92 Å². The summed E-state index contributed by atoms with van der Waals surface area (Å²) in [7, 11) is 0. The van der Waals surface area contributed by atoms with Crippen molar-refractivity contribution < 1.29 is 0 Å². The van der Waals surface area contributed by atoms with E-state index in [0.29, 0.717) is 5.41 Å². The predicted molar refractivity (Wildman–Crippen MR) is 71.5 cm³/mol. The van der Waals surface area contributed by atoms with Crippen molar-refractivity contribution in [2.45, 2.75) is 78.6 Å². The molecule has 16 heavy (non-hydrogen) atoms. The molecule has 0 amide bonds. The molecule has 0 radical (unpaired) electrons. The molecule has 0 heteroatoms. The second-order valence-corrected chi connectivity index (χ2v) is 6.44. The van der Waals surface area contributed by atoms with Gasteiger partial charge in [-0.05, 0) is 57.3 Å². The van der Waals surface area contributed by atoms with Gasteiger partial charge in [0.15, 0.2) is 0 Å². The maximum Gasteiger partial charge on any atom is -0.00857 e. The molecule has 0 spiro atoms. The van der Waals surface area contributed by atoms with Crippen LogP contribution in [0, 0.1) is 11.3 Å². The summed E-state index contributed by atoms with van der Waals surface area (Å²) in [4.78, 5) is 0. The molecule has 0 nitrogen and oxygen atoms in total. The molecule has 92 valence electrons. The molecule has 2 fully saturated rings. The lowest BCUT2D eigenvalue weighted by molar-refractivity contribution is 0.140. The van der Waals surface area contributed by atoms with E-state index in [1.165, 1.54) is 57.8 Å².